The molecule has 5 aromatic rings. The number of thiophene rings is 1. The van der Waals surface area contributed by atoms with Gasteiger partial charge in [-0.2, -0.15) is 22.7 Å². The first-order chi connectivity index (χ1) is 15.4. The van der Waals surface area contributed by atoms with E-state index in [0.29, 0.717) is 26.6 Å². The Kier molecular flexibility index (Phi) is 5.03. The lowest BCUT2D eigenvalue weighted by Crippen LogP contribution is -2.23. The second-order valence-electron chi connectivity index (χ2n) is 6.71. The highest BCUT2D eigenvalue weighted by molar-refractivity contribution is 7.15. The van der Waals surface area contributed by atoms with Crippen molar-refractivity contribution in [2.45, 2.75) is 6.18 Å². The molecule has 0 aliphatic carbocycles. The van der Waals surface area contributed by atoms with E-state index in [0.717, 1.165) is 28.3 Å². The van der Waals surface area contributed by atoms with Crippen LogP contribution in [0.1, 0.15) is 22.0 Å². The third-order valence-corrected chi connectivity index (χ3v) is 6.31. The third-order valence-electron chi connectivity index (χ3n) is 4.51. The smallest absolute Gasteiger partial charge is 0.416 e. The first-order valence-corrected chi connectivity index (χ1v) is 11.0. The first-order valence-electron chi connectivity index (χ1n) is 9.27. The van der Waals surface area contributed by atoms with Crippen LogP contribution < -0.4 is 10.1 Å². The predicted octanol–water partition coefficient (Wildman–Crippen LogP) is 5.21. The van der Waals surface area contributed by atoms with E-state index in [1.165, 1.54) is 22.7 Å². The molecule has 10 heteroatoms. The molecule has 4 heterocycles. The Bertz CT molecular complexity index is 1540. The molecule has 0 saturated heterocycles. The number of aromatic nitrogens is 3. The number of hydrogen-bond acceptors (Lipinski definition) is 6. The lowest BCUT2D eigenvalue weighted by Gasteiger charge is -2.07. The summed E-state index contributed by atoms with van der Waals surface area (Å²) in [5.41, 5.74) is -0.801. The van der Waals surface area contributed by atoms with Gasteiger partial charge in [-0.1, -0.05) is 29.5 Å². The molecule has 0 unspecified atom stereocenters. The van der Waals surface area contributed by atoms with Gasteiger partial charge in [-0.05, 0) is 47.9 Å². The standard InChI is InChI=1S/C22H12F3N3O2S2/c23-22(24,25)14-4-1-3-13(11-14)17-8-6-15(30-17)12-18-20(29)28-21(32-18)26-19(27-28)9-7-16-5-2-10-31-16/h1-12H/b9-7+,18-12+. The molecular formula is C22H12F3N3O2S2. The van der Waals surface area contributed by atoms with E-state index in [1.807, 2.05) is 23.6 Å². The van der Waals surface area contributed by atoms with E-state index in [9.17, 15) is 18.0 Å². The molecule has 5 nitrogen and oxygen atoms in total. The third kappa shape index (κ3) is 4.02. The number of nitrogens with zero attached hydrogens (tertiary/aromatic N) is 3. The van der Waals surface area contributed by atoms with E-state index < -0.39 is 11.7 Å². The second kappa shape index (κ2) is 7.88. The molecule has 0 spiro atoms. The van der Waals surface area contributed by atoms with Crippen LogP contribution in [0.5, 0.6) is 0 Å². The fourth-order valence-corrected chi connectivity index (χ4v) is 4.54. The number of hydrogen-bond donors (Lipinski definition) is 0. The highest BCUT2D eigenvalue weighted by Crippen LogP contribution is 2.32. The van der Waals surface area contributed by atoms with Crippen molar-refractivity contribution in [3.05, 3.63) is 90.8 Å². The number of thiazole rings is 1. The molecule has 0 saturated carbocycles. The average molecular weight is 471 g/mol. The van der Waals surface area contributed by atoms with Crippen LogP contribution in [0.15, 0.2) is 63.1 Å². The van der Waals surface area contributed by atoms with Crippen LogP contribution in [-0.2, 0) is 6.18 Å². The number of fused-ring (bicyclic) bond motifs is 1. The number of rotatable bonds is 4. The summed E-state index contributed by atoms with van der Waals surface area (Å²) in [6.07, 6.45) is 0.704. The highest BCUT2D eigenvalue weighted by Gasteiger charge is 2.30. The zero-order valence-corrected chi connectivity index (χ0v) is 17.7. The van der Waals surface area contributed by atoms with E-state index in [-0.39, 0.29) is 11.3 Å². The van der Waals surface area contributed by atoms with Crippen LogP contribution in [0, 0.1) is 0 Å². The second-order valence-corrected chi connectivity index (χ2v) is 8.70. The zero-order chi connectivity index (χ0) is 22.3. The minimum Gasteiger partial charge on any atom is -0.457 e. The van der Waals surface area contributed by atoms with Crippen molar-refractivity contribution in [2.75, 3.05) is 0 Å². The highest BCUT2D eigenvalue weighted by atomic mass is 32.1. The number of alkyl halides is 3. The van der Waals surface area contributed by atoms with Crippen LogP contribution in [0.2, 0.25) is 0 Å². The molecule has 0 atom stereocenters. The van der Waals surface area contributed by atoms with Crippen molar-refractivity contribution in [3.63, 3.8) is 0 Å². The molecule has 5 rings (SSSR count). The summed E-state index contributed by atoms with van der Waals surface area (Å²) < 4.78 is 46.1. The summed E-state index contributed by atoms with van der Waals surface area (Å²) in [4.78, 5) is 18.5. The number of halogens is 3. The maximum atomic E-state index is 13.0. The summed E-state index contributed by atoms with van der Waals surface area (Å²) in [7, 11) is 0. The predicted molar refractivity (Wildman–Crippen MR) is 118 cm³/mol. The molecule has 0 fully saturated rings. The summed E-state index contributed by atoms with van der Waals surface area (Å²) in [5, 5.41) is 6.19. The van der Waals surface area contributed by atoms with Gasteiger partial charge in [-0.15, -0.1) is 16.4 Å². The van der Waals surface area contributed by atoms with E-state index in [2.05, 4.69) is 10.1 Å². The largest absolute Gasteiger partial charge is 0.457 e. The van der Waals surface area contributed by atoms with Gasteiger partial charge < -0.3 is 4.42 Å². The van der Waals surface area contributed by atoms with Crippen molar-refractivity contribution in [3.8, 4) is 11.3 Å². The first kappa shape index (κ1) is 20.4. The van der Waals surface area contributed by atoms with Crippen LogP contribution in [-0.4, -0.2) is 14.6 Å². The van der Waals surface area contributed by atoms with Crippen molar-refractivity contribution in [1.82, 2.24) is 14.6 Å². The summed E-state index contributed by atoms with van der Waals surface area (Å²) >= 11 is 2.74. The van der Waals surface area contributed by atoms with Gasteiger partial charge in [-0.25, -0.2) is 0 Å². The van der Waals surface area contributed by atoms with Crippen LogP contribution in [0.4, 0.5) is 13.2 Å². The van der Waals surface area contributed by atoms with Crippen molar-refractivity contribution >= 4 is 45.9 Å². The fraction of sp³-hybridized carbons (Fsp3) is 0.0455. The number of benzene rings is 1. The quantitative estimate of drug-likeness (QED) is 0.361. The summed E-state index contributed by atoms with van der Waals surface area (Å²) in [5.74, 6) is 1.05. The van der Waals surface area contributed by atoms with Gasteiger partial charge in [0.15, 0.2) is 5.82 Å². The van der Waals surface area contributed by atoms with E-state index in [4.69, 9.17) is 4.42 Å². The average Bonchev–Trinajstić information content (AvgIpc) is 3.54. The van der Waals surface area contributed by atoms with Crippen molar-refractivity contribution in [2.24, 2.45) is 0 Å². The number of furan rings is 1. The minimum absolute atomic E-state index is 0.273. The molecule has 0 aliphatic heterocycles. The summed E-state index contributed by atoms with van der Waals surface area (Å²) in [6, 6.07) is 11.9. The maximum Gasteiger partial charge on any atom is 0.416 e. The van der Waals surface area contributed by atoms with E-state index >= 15 is 0 Å². The van der Waals surface area contributed by atoms with E-state index in [1.54, 1.807) is 29.5 Å². The normalized spacial score (nSPS) is 13.0. The lowest BCUT2D eigenvalue weighted by molar-refractivity contribution is -0.137. The van der Waals surface area contributed by atoms with Gasteiger partial charge in [0.25, 0.3) is 5.56 Å². The Morgan fingerprint density at radius 1 is 1.06 bits per heavy atom. The van der Waals surface area contributed by atoms with Gasteiger partial charge >= 0.3 is 6.18 Å². The van der Waals surface area contributed by atoms with Gasteiger partial charge in [0, 0.05) is 16.5 Å². The SMILES string of the molecule is O=c1/c(=C\c2ccc(-c3cccc(C(F)(F)F)c3)o2)sc2nc(/C=C/c3cccs3)nn12. The monoisotopic (exact) mass is 471 g/mol. The molecule has 160 valence electrons. The molecule has 0 N–H and O–H groups in total. The summed E-state index contributed by atoms with van der Waals surface area (Å²) in [6.45, 7) is 0. The fourth-order valence-electron chi connectivity index (χ4n) is 3.03. The molecule has 32 heavy (non-hydrogen) atoms. The van der Waals surface area contributed by atoms with Crippen LogP contribution in [0.3, 0.4) is 0 Å². The van der Waals surface area contributed by atoms with Gasteiger partial charge in [0.05, 0.1) is 5.56 Å². The Labute approximate surface area is 186 Å². The lowest BCUT2D eigenvalue weighted by atomic mass is 10.1. The van der Waals surface area contributed by atoms with Gasteiger partial charge in [-0.3, -0.25) is 4.79 Å². The molecular weight excluding hydrogens is 459 g/mol. The Morgan fingerprint density at radius 2 is 1.94 bits per heavy atom. The zero-order valence-electron chi connectivity index (χ0n) is 16.0. The maximum absolute atomic E-state index is 13.0. The van der Waals surface area contributed by atoms with Crippen molar-refractivity contribution in [1.29, 1.82) is 0 Å². The van der Waals surface area contributed by atoms with Crippen LogP contribution in [0.25, 0.3) is 34.5 Å². The Balaban J connectivity index is 1.44. The Hall–Kier alpha value is -3.50. The van der Waals surface area contributed by atoms with Crippen molar-refractivity contribution < 1.29 is 17.6 Å². The van der Waals surface area contributed by atoms with Gasteiger partial charge in [0.1, 0.15) is 16.1 Å². The topological polar surface area (TPSA) is 60.4 Å². The molecule has 1 aromatic carbocycles. The molecule has 0 radical (unpaired) electrons. The minimum atomic E-state index is -4.44. The Morgan fingerprint density at radius 3 is 2.69 bits per heavy atom. The van der Waals surface area contributed by atoms with Crippen LogP contribution >= 0.6 is 22.7 Å². The molecule has 0 aliphatic rings. The molecule has 0 bridgehead atoms. The van der Waals surface area contributed by atoms with Gasteiger partial charge in [0.2, 0.25) is 4.96 Å². The molecule has 0 amide bonds. The molecule has 4 aromatic heterocycles.